The van der Waals surface area contributed by atoms with Crippen LogP contribution in [0.1, 0.15) is 22.3 Å². The number of para-hydroxylation sites is 1. The monoisotopic (exact) mass is 542 g/mol. The van der Waals surface area contributed by atoms with Crippen LogP contribution >= 0.6 is 24.0 Å². The van der Waals surface area contributed by atoms with Crippen molar-refractivity contribution >= 4 is 57.6 Å². The van der Waals surface area contributed by atoms with Gasteiger partial charge in [-0.15, -0.1) is 0 Å². The number of carbonyl (C=O) groups excluding carboxylic acids is 2. The predicted molar refractivity (Wildman–Crippen MR) is 144 cm³/mol. The van der Waals surface area contributed by atoms with E-state index < -0.39 is 24.3 Å². The normalized spacial score (nSPS) is 14.8. The molecule has 2 amide bonds. The lowest BCUT2D eigenvalue weighted by Crippen LogP contribution is -2.28. The van der Waals surface area contributed by atoms with Gasteiger partial charge in [-0.3, -0.25) is 14.5 Å². The topological polar surface area (TPSA) is 58.6 Å². The maximum absolute atomic E-state index is 13.1. The third-order valence-corrected chi connectivity index (χ3v) is 6.74. The van der Waals surface area contributed by atoms with Gasteiger partial charge in [0.2, 0.25) is 0 Å². The van der Waals surface area contributed by atoms with Gasteiger partial charge in [-0.25, -0.2) is 0 Å². The number of aryl methyl sites for hydroxylation is 2. The van der Waals surface area contributed by atoms with E-state index in [4.69, 9.17) is 17.0 Å². The van der Waals surface area contributed by atoms with E-state index in [2.05, 4.69) is 5.32 Å². The second-order valence-electron chi connectivity index (χ2n) is 8.26. The van der Waals surface area contributed by atoms with Crippen LogP contribution in [0.3, 0.4) is 0 Å². The summed E-state index contributed by atoms with van der Waals surface area (Å²) in [6, 6.07) is 17.1. The number of nitrogens with zero attached hydrogens (tertiary/aromatic N) is 1. The molecule has 0 spiro atoms. The Kier molecular flexibility index (Phi) is 7.70. The second kappa shape index (κ2) is 10.8. The fourth-order valence-corrected chi connectivity index (χ4v) is 5.00. The van der Waals surface area contributed by atoms with Gasteiger partial charge in [-0.05, 0) is 61.4 Å². The largest absolute Gasteiger partial charge is 0.484 e. The van der Waals surface area contributed by atoms with Crippen molar-refractivity contribution in [1.82, 2.24) is 0 Å². The Bertz CT molecular complexity index is 1400. The summed E-state index contributed by atoms with van der Waals surface area (Å²) >= 11 is 6.66. The van der Waals surface area contributed by atoms with Crippen LogP contribution in [-0.2, 0) is 15.8 Å². The fourth-order valence-electron chi connectivity index (χ4n) is 3.72. The summed E-state index contributed by atoms with van der Waals surface area (Å²) in [5.74, 6) is -0.590. The molecule has 3 aromatic rings. The lowest BCUT2D eigenvalue weighted by atomic mass is 10.1. The highest BCUT2D eigenvalue weighted by Crippen LogP contribution is 2.38. The van der Waals surface area contributed by atoms with Crippen molar-refractivity contribution in [3.8, 4) is 5.75 Å². The Morgan fingerprint density at radius 1 is 1.08 bits per heavy atom. The Morgan fingerprint density at radius 2 is 1.78 bits per heavy atom. The molecule has 5 nitrogen and oxygen atoms in total. The standard InChI is InChI=1S/C27H21F3N2O3S2/c1-16-7-12-22(17(2)13-16)32-25(34)23(37-26(32)36)14-18-8-10-19(11-9-18)35-15-24(33)31-21-6-4-3-5-20(21)27(28,29)30/h3-14H,15H2,1-2H3,(H,31,33)/b23-14-. The van der Waals surface area contributed by atoms with Crippen molar-refractivity contribution in [3.05, 3.63) is 93.9 Å². The first-order valence-corrected chi connectivity index (χ1v) is 12.3. The van der Waals surface area contributed by atoms with E-state index in [9.17, 15) is 22.8 Å². The number of rotatable bonds is 6. The molecule has 0 aromatic heterocycles. The molecular formula is C27H21F3N2O3S2. The minimum Gasteiger partial charge on any atom is -0.484 e. The molecule has 4 rings (SSSR count). The predicted octanol–water partition coefficient (Wildman–Crippen LogP) is 6.75. The van der Waals surface area contributed by atoms with Crippen LogP contribution in [0.2, 0.25) is 0 Å². The maximum Gasteiger partial charge on any atom is 0.418 e. The Balaban J connectivity index is 1.39. The maximum atomic E-state index is 13.1. The molecule has 1 saturated heterocycles. The Hall–Kier alpha value is -3.63. The molecule has 0 aliphatic carbocycles. The highest BCUT2D eigenvalue weighted by molar-refractivity contribution is 8.27. The molecule has 1 aliphatic rings. The SMILES string of the molecule is Cc1ccc(N2C(=O)/C(=C/c3ccc(OCC(=O)Nc4ccccc4C(F)(F)F)cc3)SC2=S)c(C)c1. The molecular weight excluding hydrogens is 521 g/mol. The van der Waals surface area contributed by atoms with E-state index in [1.165, 1.54) is 34.9 Å². The van der Waals surface area contributed by atoms with Gasteiger partial charge < -0.3 is 10.1 Å². The van der Waals surface area contributed by atoms with E-state index in [0.717, 1.165) is 28.4 Å². The lowest BCUT2D eigenvalue weighted by molar-refractivity contribution is -0.137. The van der Waals surface area contributed by atoms with Crippen molar-refractivity contribution in [2.24, 2.45) is 0 Å². The van der Waals surface area contributed by atoms with E-state index >= 15 is 0 Å². The molecule has 0 radical (unpaired) electrons. The molecule has 1 aliphatic heterocycles. The molecule has 0 unspecified atom stereocenters. The van der Waals surface area contributed by atoms with Crippen molar-refractivity contribution in [3.63, 3.8) is 0 Å². The first kappa shape index (κ1) is 26.4. The molecule has 1 heterocycles. The average molecular weight is 543 g/mol. The first-order valence-electron chi connectivity index (χ1n) is 11.1. The van der Waals surface area contributed by atoms with Crippen molar-refractivity contribution in [2.45, 2.75) is 20.0 Å². The van der Waals surface area contributed by atoms with Crippen LogP contribution in [0, 0.1) is 13.8 Å². The quantitative estimate of drug-likeness (QED) is 0.276. The Labute approximate surface area is 221 Å². The first-order chi connectivity index (χ1) is 17.5. The third kappa shape index (κ3) is 6.20. The van der Waals surface area contributed by atoms with E-state index in [-0.39, 0.29) is 11.6 Å². The summed E-state index contributed by atoms with van der Waals surface area (Å²) in [6.07, 6.45) is -2.87. The summed E-state index contributed by atoms with van der Waals surface area (Å²) in [5.41, 5.74) is 2.24. The number of alkyl halides is 3. The molecule has 190 valence electrons. The van der Waals surface area contributed by atoms with Gasteiger partial charge in [0.25, 0.3) is 11.8 Å². The average Bonchev–Trinajstić information content (AvgIpc) is 3.11. The van der Waals surface area contributed by atoms with Gasteiger partial charge in [0.15, 0.2) is 10.9 Å². The van der Waals surface area contributed by atoms with Crippen molar-refractivity contribution in [2.75, 3.05) is 16.8 Å². The van der Waals surface area contributed by atoms with Gasteiger partial charge in [-0.2, -0.15) is 13.2 Å². The molecule has 1 N–H and O–H groups in total. The number of benzene rings is 3. The van der Waals surface area contributed by atoms with E-state index in [1.54, 1.807) is 30.3 Å². The van der Waals surface area contributed by atoms with Crippen LogP contribution < -0.4 is 15.0 Å². The molecule has 0 bridgehead atoms. The number of anilines is 2. The molecule has 0 saturated carbocycles. The molecule has 37 heavy (non-hydrogen) atoms. The molecule has 10 heteroatoms. The summed E-state index contributed by atoms with van der Waals surface area (Å²) < 4.78 is 45.2. The molecule has 3 aromatic carbocycles. The molecule has 0 atom stereocenters. The van der Waals surface area contributed by atoms with Gasteiger partial charge in [-0.1, -0.05) is 65.9 Å². The lowest BCUT2D eigenvalue weighted by Gasteiger charge is -2.17. The number of nitrogens with one attached hydrogen (secondary N) is 1. The van der Waals surface area contributed by atoms with Gasteiger partial charge in [0.05, 0.1) is 21.8 Å². The number of thioether (sulfide) groups is 1. The third-order valence-electron chi connectivity index (χ3n) is 5.44. The van der Waals surface area contributed by atoms with Crippen LogP contribution in [0.4, 0.5) is 24.5 Å². The van der Waals surface area contributed by atoms with E-state index in [0.29, 0.717) is 15.0 Å². The summed E-state index contributed by atoms with van der Waals surface area (Å²) in [7, 11) is 0. The summed E-state index contributed by atoms with van der Waals surface area (Å²) in [6.45, 7) is 3.44. The summed E-state index contributed by atoms with van der Waals surface area (Å²) in [4.78, 5) is 27.2. The zero-order valence-electron chi connectivity index (χ0n) is 19.8. The zero-order chi connectivity index (χ0) is 26.7. The van der Waals surface area contributed by atoms with Crippen LogP contribution in [0.25, 0.3) is 6.08 Å². The van der Waals surface area contributed by atoms with Crippen LogP contribution in [0.15, 0.2) is 71.6 Å². The smallest absolute Gasteiger partial charge is 0.418 e. The number of hydrogen-bond acceptors (Lipinski definition) is 5. The van der Waals surface area contributed by atoms with Crippen molar-refractivity contribution < 1.29 is 27.5 Å². The van der Waals surface area contributed by atoms with E-state index in [1.807, 2.05) is 32.0 Å². The highest BCUT2D eigenvalue weighted by atomic mass is 32.2. The number of thiocarbonyl (C=S) groups is 1. The van der Waals surface area contributed by atoms with Crippen LogP contribution in [0.5, 0.6) is 5.75 Å². The van der Waals surface area contributed by atoms with Gasteiger partial charge in [0, 0.05) is 0 Å². The Morgan fingerprint density at radius 3 is 2.46 bits per heavy atom. The number of amides is 2. The number of carbonyl (C=O) groups is 2. The minimum atomic E-state index is -4.59. The molecule has 1 fully saturated rings. The van der Waals surface area contributed by atoms with Gasteiger partial charge >= 0.3 is 6.18 Å². The zero-order valence-corrected chi connectivity index (χ0v) is 21.4. The minimum absolute atomic E-state index is 0.210. The number of hydrogen-bond donors (Lipinski definition) is 1. The number of ether oxygens (including phenoxy) is 1. The van der Waals surface area contributed by atoms with Gasteiger partial charge in [0.1, 0.15) is 5.75 Å². The highest BCUT2D eigenvalue weighted by Gasteiger charge is 2.34. The summed E-state index contributed by atoms with van der Waals surface area (Å²) in [5, 5.41) is 2.23. The van der Waals surface area contributed by atoms with Crippen molar-refractivity contribution in [1.29, 1.82) is 0 Å². The van der Waals surface area contributed by atoms with Crippen LogP contribution in [-0.4, -0.2) is 22.7 Å². The fraction of sp³-hybridized carbons (Fsp3) is 0.148. The second-order valence-corrected chi connectivity index (χ2v) is 9.93. The number of halogens is 3.